The number of amides is 1. The molecule has 0 saturated heterocycles. The van der Waals surface area contributed by atoms with Crippen molar-refractivity contribution in [1.29, 1.82) is 0 Å². The first kappa shape index (κ1) is 16.3. The van der Waals surface area contributed by atoms with Crippen molar-refractivity contribution in [3.8, 4) is 5.75 Å². The number of carbonyl (C=O) groups excluding carboxylic acids is 1. The third-order valence-corrected chi connectivity index (χ3v) is 6.59. The minimum Gasteiger partial charge on any atom is -0.485 e. The maximum atomic E-state index is 12.8. The quantitative estimate of drug-likeness (QED) is 0.813. The predicted octanol–water partition coefficient (Wildman–Crippen LogP) is 3.23. The highest BCUT2D eigenvalue weighted by atomic mass is 35.5. The molecule has 3 rings (SSSR count). The zero-order valence-corrected chi connectivity index (χ0v) is 14.8. The van der Waals surface area contributed by atoms with Crippen molar-refractivity contribution in [3.63, 3.8) is 0 Å². The molecule has 1 amide bonds. The molecule has 0 N–H and O–H groups in total. The number of rotatable bonds is 2. The lowest BCUT2D eigenvalue weighted by Gasteiger charge is -2.33. The predicted molar refractivity (Wildman–Crippen MR) is 90.6 cm³/mol. The molecular formula is C15H14ClNO4S2. The second kappa shape index (κ2) is 5.81. The molecule has 1 aromatic carbocycles. The first-order valence-corrected chi connectivity index (χ1v) is 9.93. The second-order valence-corrected chi connectivity index (χ2v) is 9.06. The number of anilines is 1. The van der Waals surface area contributed by atoms with Gasteiger partial charge in [0, 0.05) is 6.26 Å². The van der Waals surface area contributed by atoms with E-state index in [4.69, 9.17) is 16.3 Å². The molecule has 1 unspecified atom stereocenters. The summed E-state index contributed by atoms with van der Waals surface area (Å²) in [7, 11) is -3.32. The van der Waals surface area contributed by atoms with Crippen LogP contribution in [-0.4, -0.2) is 33.2 Å². The molecule has 122 valence electrons. The number of halogens is 1. The maximum Gasteiger partial charge on any atom is 0.268 e. The van der Waals surface area contributed by atoms with Crippen molar-refractivity contribution < 1.29 is 17.9 Å². The van der Waals surface area contributed by atoms with Gasteiger partial charge in [-0.05, 0) is 31.2 Å². The Morgan fingerprint density at radius 1 is 1.35 bits per heavy atom. The van der Waals surface area contributed by atoms with Gasteiger partial charge in [0.1, 0.15) is 10.3 Å². The molecule has 1 aliphatic heterocycles. The first-order chi connectivity index (χ1) is 10.8. The van der Waals surface area contributed by atoms with Crippen LogP contribution >= 0.6 is 22.9 Å². The van der Waals surface area contributed by atoms with E-state index in [2.05, 4.69) is 0 Å². The minimum absolute atomic E-state index is 0.175. The molecule has 2 aromatic rings. The van der Waals surface area contributed by atoms with Crippen LogP contribution in [0.1, 0.15) is 16.6 Å². The molecule has 1 atom stereocenters. The topological polar surface area (TPSA) is 63.7 Å². The Morgan fingerprint density at radius 3 is 2.74 bits per heavy atom. The number of nitrogens with zero attached hydrogens (tertiary/aromatic N) is 1. The van der Waals surface area contributed by atoms with E-state index in [9.17, 15) is 13.2 Å². The van der Waals surface area contributed by atoms with Crippen molar-refractivity contribution in [2.45, 2.75) is 17.2 Å². The Bertz CT molecular complexity index is 875. The fraction of sp³-hybridized carbons (Fsp3) is 0.267. The van der Waals surface area contributed by atoms with Gasteiger partial charge in [-0.3, -0.25) is 4.79 Å². The van der Waals surface area contributed by atoms with Crippen LogP contribution in [0, 0.1) is 0 Å². The van der Waals surface area contributed by atoms with Gasteiger partial charge in [-0.2, -0.15) is 0 Å². The van der Waals surface area contributed by atoms with Gasteiger partial charge in [-0.25, -0.2) is 8.42 Å². The second-order valence-electron chi connectivity index (χ2n) is 5.32. The molecule has 0 saturated carbocycles. The van der Waals surface area contributed by atoms with Crippen LogP contribution in [0.3, 0.4) is 0 Å². The van der Waals surface area contributed by atoms with E-state index >= 15 is 0 Å². The zero-order valence-electron chi connectivity index (χ0n) is 12.4. The summed E-state index contributed by atoms with van der Waals surface area (Å²) in [5.74, 6) is 0.213. The highest BCUT2D eigenvalue weighted by molar-refractivity contribution is 7.92. The first-order valence-electron chi connectivity index (χ1n) is 6.84. The number of ether oxygens (including phenoxy) is 1. The largest absolute Gasteiger partial charge is 0.485 e. The van der Waals surface area contributed by atoms with Gasteiger partial charge in [-0.15, -0.1) is 11.3 Å². The maximum absolute atomic E-state index is 12.8. The molecule has 0 bridgehead atoms. The lowest BCUT2D eigenvalue weighted by atomic mass is 10.2. The van der Waals surface area contributed by atoms with Gasteiger partial charge in [-0.1, -0.05) is 17.7 Å². The van der Waals surface area contributed by atoms with Gasteiger partial charge >= 0.3 is 0 Å². The molecule has 23 heavy (non-hydrogen) atoms. The zero-order chi connectivity index (χ0) is 16.8. The fourth-order valence-corrected chi connectivity index (χ4v) is 4.47. The van der Waals surface area contributed by atoms with Crippen molar-refractivity contribution in [1.82, 2.24) is 0 Å². The summed E-state index contributed by atoms with van der Waals surface area (Å²) in [4.78, 5) is 14.7. The van der Waals surface area contributed by atoms with E-state index < -0.39 is 9.84 Å². The van der Waals surface area contributed by atoms with Gasteiger partial charge in [0.25, 0.3) is 5.91 Å². The van der Waals surface area contributed by atoms with Gasteiger partial charge < -0.3 is 9.64 Å². The lowest BCUT2D eigenvalue weighted by molar-refractivity contribution is 0.0965. The highest BCUT2D eigenvalue weighted by Crippen LogP contribution is 2.40. The summed E-state index contributed by atoms with van der Waals surface area (Å²) >= 11 is 7.12. The number of benzene rings is 1. The van der Waals surface area contributed by atoms with Crippen LogP contribution in [0.4, 0.5) is 5.69 Å². The van der Waals surface area contributed by atoms with Gasteiger partial charge in [0.05, 0.1) is 22.1 Å². The number of hydrogen-bond donors (Lipinski definition) is 0. The summed E-state index contributed by atoms with van der Waals surface area (Å²) in [6.07, 6.45) is 0.916. The molecule has 0 aliphatic carbocycles. The van der Waals surface area contributed by atoms with Crippen LogP contribution in [0.2, 0.25) is 5.02 Å². The number of sulfone groups is 1. The summed E-state index contributed by atoms with van der Waals surface area (Å²) in [6.45, 7) is 2.22. The molecular weight excluding hydrogens is 358 g/mol. The third-order valence-electron chi connectivity index (χ3n) is 3.40. The third kappa shape index (κ3) is 3.08. The molecule has 5 nitrogen and oxygen atoms in total. The standard InChI is InChI=1S/C15H14ClNO4S2/c1-9-8-17(11-5-3-4-10(16)14(11)21-9)15(18)12-6-7-13(22-12)23(2,19)20/h3-7,9H,8H2,1-2H3. The van der Waals surface area contributed by atoms with Crippen molar-refractivity contribution in [3.05, 3.63) is 40.2 Å². The van der Waals surface area contributed by atoms with E-state index in [1.165, 1.54) is 12.1 Å². The SMILES string of the molecule is CC1CN(C(=O)c2ccc(S(C)(=O)=O)s2)c2cccc(Cl)c2O1. The molecule has 0 spiro atoms. The average molecular weight is 372 g/mol. The van der Waals surface area contributed by atoms with Crippen molar-refractivity contribution >= 4 is 44.4 Å². The summed E-state index contributed by atoms with van der Waals surface area (Å²) in [6, 6.07) is 8.20. The van der Waals surface area contributed by atoms with Gasteiger partial charge in [0.15, 0.2) is 15.6 Å². The van der Waals surface area contributed by atoms with Crippen LogP contribution in [-0.2, 0) is 9.84 Å². The Hall–Kier alpha value is -1.57. The molecule has 8 heteroatoms. The number of hydrogen-bond acceptors (Lipinski definition) is 5. The monoisotopic (exact) mass is 371 g/mol. The smallest absolute Gasteiger partial charge is 0.268 e. The Balaban J connectivity index is 2.01. The molecule has 0 radical (unpaired) electrons. The normalized spacial score (nSPS) is 17.5. The number of fused-ring (bicyclic) bond motifs is 1. The number of para-hydroxylation sites is 1. The van der Waals surface area contributed by atoms with Crippen LogP contribution < -0.4 is 9.64 Å². The van der Waals surface area contributed by atoms with E-state index in [0.717, 1.165) is 17.6 Å². The van der Waals surface area contributed by atoms with E-state index in [1.54, 1.807) is 23.1 Å². The van der Waals surface area contributed by atoms with Crippen LogP contribution in [0.25, 0.3) is 0 Å². The Kier molecular flexibility index (Phi) is 4.12. The van der Waals surface area contributed by atoms with Crippen LogP contribution in [0.5, 0.6) is 5.75 Å². The summed E-state index contributed by atoms with van der Waals surface area (Å²) in [5, 5.41) is 0.440. The van der Waals surface area contributed by atoms with E-state index in [1.807, 2.05) is 6.92 Å². The summed E-state index contributed by atoms with van der Waals surface area (Å²) in [5.41, 5.74) is 0.593. The van der Waals surface area contributed by atoms with E-state index in [-0.39, 0.29) is 16.2 Å². The highest BCUT2D eigenvalue weighted by Gasteiger charge is 2.30. The molecule has 0 fully saturated rings. The average Bonchev–Trinajstić information content (AvgIpc) is 2.97. The number of carbonyl (C=O) groups is 1. The fourth-order valence-electron chi connectivity index (χ4n) is 2.38. The molecule has 1 aliphatic rings. The van der Waals surface area contributed by atoms with Crippen molar-refractivity contribution in [2.75, 3.05) is 17.7 Å². The van der Waals surface area contributed by atoms with Crippen LogP contribution in [0.15, 0.2) is 34.5 Å². The number of thiophene rings is 1. The Morgan fingerprint density at radius 2 is 2.09 bits per heavy atom. The van der Waals surface area contributed by atoms with Gasteiger partial charge in [0.2, 0.25) is 0 Å². The Labute approximate surface area is 143 Å². The minimum atomic E-state index is -3.32. The summed E-state index contributed by atoms with van der Waals surface area (Å²) < 4.78 is 29.1. The lowest BCUT2D eigenvalue weighted by Crippen LogP contribution is -2.42. The van der Waals surface area contributed by atoms with Crippen molar-refractivity contribution in [2.24, 2.45) is 0 Å². The van der Waals surface area contributed by atoms with E-state index in [0.29, 0.717) is 27.9 Å². The molecule has 2 heterocycles. The molecule has 1 aromatic heterocycles.